The van der Waals surface area contributed by atoms with Gasteiger partial charge in [0.25, 0.3) is 0 Å². The van der Waals surface area contributed by atoms with Gasteiger partial charge in [-0.15, -0.1) is 11.3 Å². The van der Waals surface area contributed by atoms with E-state index in [1.165, 1.54) is 12.3 Å². The van der Waals surface area contributed by atoms with Crippen molar-refractivity contribution in [3.05, 3.63) is 11.1 Å². The van der Waals surface area contributed by atoms with Gasteiger partial charge in [0, 0.05) is 11.6 Å². The van der Waals surface area contributed by atoms with Crippen molar-refractivity contribution in [3.63, 3.8) is 0 Å². The van der Waals surface area contributed by atoms with E-state index in [0.29, 0.717) is 0 Å². The summed E-state index contributed by atoms with van der Waals surface area (Å²) in [5.41, 5.74) is 3.02. The van der Waals surface area contributed by atoms with Gasteiger partial charge in [-0.25, -0.2) is 23.0 Å². The Bertz CT molecular complexity index is 794. The first-order chi connectivity index (χ1) is 11.8. The maximum atomic E-state index is 12.2. The molecule has 0 spiro atoms. The van der Waals surface area contributed by atoms with Crippen LogP contribution in [-0.2, 0) is 33.7 Å². The molecule has 12 heteroatoms. The van der Waals surface area contributed by atoms with Crippen LogP contribution in [0.1, 0.15) is 33.4 Å². The summed E-state index contributed by atoms with van der Waals surface area (Å²) in [6.07, 6.45) is 0.918. The van der Waals surface area contributed by atoms with Crippen molar-refractivity contribution in [2.75, 3.05) is 18.6 Å². The fraction of sp³-hybridized carbons (Fsp3) is 0.571. The predicted octanol–water partition coefficient (Wildman–Crippen LogP) is 0.722. The lowest BCUT2D eigenvalue weighted by molar-refractivity contribution is -0.160. The summed E-state index contributed by atoms with van der Waals surface area (Å²) in [7, 11) is -3.62. The number of aromatic nitrogens is 1. The van der Waals surface area contributed by atoms with E-state index in [1.54, 1.807) is 20.8 Å². The van der Waals surface area contributed by atoms with Crippen molar-refractivity contribution in [1.82, 2.24) is 4.98 Å². The third-order valence-electron chi connectivity index (χ3n) is 2.59. The van der Waals surface area contributed by atoms with Crippen molar-refractivity contribution in [1.29, 1.82) is 0 Å². The lowest BCUT2D eigenvalue weighted by Crippen LogP contribution is -2.29. The second-order valence-electron chi connectivity index (χ2n) is 6.17. The number of oxime groups is 1. The highest BCUT2D eigenvalue weighted by Crippen LogP contribution is 2.14. The van der Waals surface area contributed by atoms with Crippen LogP contribution >= 0.6 is 11.3 Å². The van der Waals surface area contributed by atoms with E-state index in [-0.39, 0.29) is 10.8 Å². The Morgan fingerprint density at radius 3 is 2.46 bits per heavy atom. The van der Waals surface area contributed by atoms with Gasteiger partial charge in [-0.2, -0.15) is 0 Å². The highest BCUT2D eigenvalue weighted by atomic mass is 32.2. The number of rotatable bonds is 7. The summed E-state index contributed by atoms with van der Waals surface area (Å²) in [5.74, 6) is -1.78. The Morgan fingerprint density at radius 2 is 2.00 bits per heavy atom. The Balaban J connectivity index is 2.92. The van der Waals surface area contributed by atoms with Crippen LogP contribution in [0.5, 0.6) is 0 Å². The Labute approximate surface area is 155 Å². The van der Waals surface area contributed by atoms with Gasteiger partial charge in [0.15, 0.2) is 20.4 Å². The zero-order valence-corrected chi connectivity index (χ0v) is 16.6. The molecule has 0 bridgehead atoms. The van der Waals surface area contributed by atoms with Crippen molar-refractivity contribution in [2.24, 2.45) is 5.16 Å². The standard InChI is InChI=1S/C14H21N3O7S2/c1-8(26(5,20)21)23-12(19)11(9-7-25-13(15)16-9)17-22-6-10(18)24-14(2,3)4/h7-8H,6H2,1-5H3,(H2,15,16). The van der Waals surface area contributed by atoms with E-state index in [1.807, 2.05) is 0 Å². The number of nitrogen functional groups attached to an aromatic ring is 1. The fourth-order valence-corrected chi connectivity index (χ4v) is 2.21. The number of nitrogens with zero attached hydrogens (tertiary/aromatic N) is 2. The maximum absolute atomic E-state index is 12.2. The second kappa shape index (κ2) is 8.45. The molecule has 0 amide bonds. The number of carbonyl (C=O) groups excluding carboxylic acids is 2. The quantitative estimate of drug-likeness (QED) is 0.392. The van der Waals surface area contributed by atoms with Gasteiger partial charge in [0.05, 0.1) is 0 Å². The SMILES string of the molecule is CC(OC(=O)C(=NOCC(=O)OC(C)(C)C)c1csc(N)n1)S(C)(=O)=O. The first kappa shape index (κ1) is 21.8. The molecule has 0 radical (unpaired) electrons. The van der Waals surface area contributed by atoms with Crippen LogP contribution in [0.2, 0.25) is 0 Å². The minimum Gasteiger partial charge on any atom is -0.457 e. The molecule has 146 valence electrons. The van der Waals surface area contributed by atoms with E-state index >= 15 is 0 Å². The van der Waals surface area contributed by atoms with Gasteiger partial charge in [-0.3, -0.25) is 0 Å². The number of anilines is 1. The van der Waals surface area contributed by atoms with Gasteiger partial charge >= 0.3 is 11.9 Å². The normalized spacial score (nSPS) is 13.8. The number of hydrogen-bond acceptors (Lipinski definition) is 11. The van der Waals surface area contributed by atoms with Crippen molar-refractivity contribution < 1.29 is 32.3 Å². The van der Waals surface area contributed by atoms with Gasteiger partial charge in [0.2, 0.25) is 12.3 Å². The number of esters is 2. The summed E-state index contributed by atoms with van der Waals surface area (Å²) < 4.78 is 32.7. The summed E-state index contributed by atoms with van der Waals surface area (Å²) in [6, 6.07) is 0. The van der Waals surface area contributed by atoms with Crippen LogP contribution in [0, 0.1) is 0 Å². The third-order valence-corrected chi connectivity index (χ3v) is 4.57. The Hall–Kier alpha value is -2.21. The van der Waals surface area contributed by atoms with Crippen molar-refractivity contribution in [2.45, 2.75) is 38.7 Å². The van der Waals surface area contributed by atoms with Crippen LogP contribution in [0.4, 0.5) is 5.13 Å². The third kappa shape index (κ3) is 7.35. The van der Waals surface area contributed by atoms with E-state index in [4.69, 9.17) is 20.0 Å². The predicted molar refractivity (Wildman–Crippen MR) is 95.3 cm³/mol. The van der Waals surface area contributed by atoms with Crippen LogP contribution in [0.15, 0.2) is 10.5 Å². The molecule has 0 fully saturated rings. The van der Waals surface area contributed by atoms with Crippen molar-refractivity contribution in [3.8, 4) is 0 Å². The molecular formula is C14H21N3O7S2. The first-order valence-corrected chi connectivity index (χ1v) is 10.2. The molecule has 10 nitrogen and oxygen atoms in total. The number of carbonyl (C=O) groups is 2. The molecule has 0 aliphatic heterocycles. The highest BCUT2D eigenvalue weighted by Gasteiger charge is 2.26. The average molecular weight is 407 g/mol. The highest BCUT2D eigenvalue weighted by molar-refractivity contribution is 7.91. The number of hydrogen-bond donors (Lipinski definition) is 1. The summed E-state index contributed by atoms with van der Waals surface area (Å²) in [6.45, 7) is 5.68. The van der Waals surface area contributed by atoms with Crippen molar-refractivity contribution >= 4 is 44.0 Å². The smallest absolute Gasteiger partial charge is 0.364 e. The molecule has 1 unspecified atom stereocenters. The molecule has 0 aliphatic carbocycles. The summed E-state index contributed by atoms with van der Waals surface area (Å²) in [5, 5.41) is 5.12. The minimum absolute atomic E-state index is 0.0300. The minimum atomic E-state index is -3.62. The van der Waals surface area contributed by atoms with Crippen LogP contribution in [-0.4, -0.2) is 55.0 Å². The molecule has 0 aliphatic rings. The Kier molecular flexibility index (Phi) is 7.09. The Morgan fingerprint density at radius 1 is 1.38 bits per heavy atom. The molecular weight excluding hydrogens is 386 g/mol. The lowest BCUT2D eigenvalue weighted by Gasteiger charge is -2.18. The monoisotopic (exact) mass is 407 g/mol. The summed E-state index contributed by atoms with van der Waals surface area (Å²) in [4.78, 5) is 32.6. The number of nitrogens with two attached hydrogens (primary N) is 1. The van der Waals surface area contributed by atoms with E-state index in [9.17, 15) is 18.0 Å². The number of thiazole rings is 1. The zero-order valence-electron chi connectivity index (χ0n) is 15.0. The number of sulfone groups is 1. The first-order valence-electron chi connectivity index (χ1n) is 7.32. The molecule has 1 heterocycles. The second-order valence-corrected chi connectivity index (χ2v) is 9.39. The van der Waals surface area contributed by atoms with Gasteiger partial charge in [-0.1, -0.05) is 5.16 Å². The fourth-order valence-electron chi connectivity index (χ4n) is 1.40. The number of ether oxygens (including phenoxy) is 2. The average Bonchev–Trinajstić information content (AvgIpc) is 2.86. The summed E-state index contributed by atoms with van der Waals surface area (Å²) >= 11 is 1.03. The van der Waals surface area contributed by atoms with Gasteiger partial charge < -0.3 is 20.0 Å². The largest absolute Gasteiger partial charge is 0.457 e. The molecule has 1 aromatic heterocycles. The van der Waals surface area contributed by atoms with Gasteiger partial charge in [-0.05, 0) is 27.7 Å². The maximum Gasteiger partial charge on any atom is 0.364 e. The van der Waals surface area contributed by atoms with E-state index in [2.05, 4.69) is 10.1 Å². The van der Waals surface area contributed by atoms with E-state index in [0.717, 1.165) is 17.6 Å². The molecule has 0 aromatic carbocycles. The molecule has 1 atom stereocenters. The molecule has 0 saturated heterocycles. The molecule has 1 aromatic rings. The molecule has 0 saturated carbocycles. The zero-order chi connectivity index (χ0) is 20.1. The van der Waals surface area contributed by atoms with Crippen LogP contribution in [0.3, 0.4) is 0 Å². The van der Waals surface area contributed by atoms with Gasteiger partial charge in [0.1, 0.15) is 11.3 Å². The topological polar surface area (TPSA) is 147 Å². The lowest BCUT2D eigenvalue weighted by atomic mass is 10.2. The molecule has 1 rings (SSSR count). The van der Waals surface area contributed by atoms with Crippen LogP contribution < -0.4 is 5.73 Å². The molecule has 26 heavy (non-hydrogen) atoms. The van der Waals surface area contributed by atoms with E-state index < -0.39 is 45.1 Å². The molecule has 2 N–H and O–H groups in total. The van der Waals surface area contributed by atoms with Crippen LogP contribution in [0.25, 0.3) is 0 Å².